The Morgan fingerprint density at radius 1 is 1.25 bits per heavy atom. The van der Waals surface area contributed by atoms with Gasteiger partial charge in [0.2, 0.25) is 11.8 Å². The van der Waals surface area contributed by atoms with Crippen LogP contribution in [0, 0.1) is 0 Å². The second-order valence-electron chi connectivity index (χ2n) is 6.88. The zero-order valence-electron chi connectivity index (χ0n) is 14.9. The number of carbonyl (C=O) groups is 1. The second kappa shape index (κ2) is 7.57. The van der Waals surface area contributed by atoms with Crippen molar-refractivity contribution in [2.75, 3.05) is 0 Å². The molecule has 130 valence electrons. The van der Waals surface area contributed by atoms with Crippen molar-refractivity contribution in [3.05, 3.63) is 47.6 Å². The van der Waals surface area contributed by atoms with Crippen molar-refractivity contribution in [1.29, 1.82) is 0 Å². The lowest BCUT2D eigenvalue weighted by atomic mass is 9.96. The Balaban J connectivity index is 1.87. The zero-order valence-corrected chi connectivity index (χ0v) is 14.9. The maximum Gasteiger partial charge on any atom is 0.249 e. The predicted molar refractivity (Wildman–Crippen MR) is 90.2 cm³/mol. The highest BCUT2D eigenvalue weighted by molar-refractivity contribution is 5.80. The standard InChI is InChI=1S/C18H25N3O3/c1-12(16-20-17(21-24-16)18(3,4)5)19-15(22)13(2)23-11-14-9-7-6-8-10-14/h6-10,12-13H,11H2,1-5H3,(H,19,22). The van der Waals surface area contributed by atoms with Crippen LogP contribution in [0.5, 0.6) is 0 Å². The van der Waals surface area contributed by atoms with Crippen LogP contribution in [0.2, 0.25) is 0 Å². The summed E-state index contributed by atoms with van der Waals surface area (Å²) in [6.07, 6.45) is -0.572. The highest BCUT2D eigenvalue weighted by Gasteiger charge is 2.25. The minimum Gasteiger partial charge on any atom is -0.364 e. The van der Waals surface area contributed by atoms with Crippen molar-refractivity contribution in [2.24, 2.45) is 0 Å². The van der Waals surface area contributed by atoms with Crippen LogP contribution < -0.4 is 5.32 Å². The van der Waals surface area contributed by atoms with Crippen molar-refractivity contribution in [2.45, 2.75) is 58.8 Å². The molecule has 1 aromatic carbocycles. The van der Waals surface area contributed by atoms with E-state index >= 15 is 0 Å². The van der Waals surface area contributed by atoms with Crippen LogP contribution in [0.15, 0.2) is 34.9 Å². The summed E-state index contributed by atoms with van der Waals surface area (Å²) >= 11 is 0. The third-order valence-corrected chi connectivity index (χ3v) is 3.55. The van der Waals surface area contributed by atoms with Crippen molar-refractivity contribution in [1.82, 2.24) is 15.5 Å². The molecule has 0 spiro atoms. The minimum absolute atomic E-state index is 0.197. The predicted octanol–water partition coefficient (Wildman–Crippen LogP) is 3.15. The second-order valence-corrected chi connectivity index (χ2v) is 6.88. The molecule has 2 atom stereocenters. The average Bonchev–Trinajstić information content (AvgIpc) is 3.04. The molecule has 2 rings (SSSR count). The summed E-state index contributed by atoms with van der Waals surface area (Å²) in [4.78, 5) is 16.6. The first-order valence-electron chi connectivity index (χ1n) is 8.07. The average molecular weight is 331 g/mol. The lowest BCUT2D eigenvalue weighted by Gasteiger charge is -2.16. The molecule has 0 aliphatic rings. The summed E-state index contributed by atoms with van der Waals surface area (Å²) in [7, 11) is 0. The smallest absolute Gasteiger partial charge is 0.249 e. The number of carbonyl (C=O) groups excluding carboxylic acids is 1. The van der Waals surface area contributed by atoms with E-state index in [1.807, 2.05) is 58.0 Å². The van der Waals surface area contributed by atoms with Gasteiger partial charge in [-0.15, -0.1) is 0 Å². The third-order valence-electron chi connectivity index (χ3n) is 3.55. The maximum atomic E-state index is 12.2. The molecular formula is C18H25N3O3. The van der Waals surface area contributed by atoms with Crippen LogP contribution in [0.1, 0.15) is 57.9 Å². The first-order valence-corrected chi connectivity index (χ1v) is 8.07. The molecule has 2 unspecified atom stereocenters. The molecule has 0 saturated heterocycles. The number of rotatable bonds is 6. The van der Waals surface area contributed by atoms with E-state index in [1.165, 1.54) is 0 Å². The molecule has 6 heteroatoms. The Bertz CT molecular complexity index is 662. The SMILES string of the molecule is CC(OCc1ccccc1)C(=O)NC(C)c1nc(C(C)(C)C)no1. The molecule has 1 amide bonds. The van der Waals surface area contributed by atoms with Crippen molar-refractivity contribution in [3.63, 3.8) is 0 Å². The van der Waals surface area contributed by atoms with Crippen molar-refractivity contribution < 1.29 is 14.1 Å². The van der Waals surface area contributed by atoms with Gasteiger partial charge in [0.1, 0.15) is 12.1 Å². The Morgan fingerprint density at radius 3 is 2.50 bits per heavy atom. The topological polar surface area (TPSA) is 77.2 Å². The van der Waals surface area contributed by atoms with E-state index in [2.05, 4.69) is 15.5 Å². The molecular weight excluding hydrogens is 306 g/mol. The fourth-order valence-corrected chi connectivity index (χ4v) is 1.98. The number of hydrogen-bond donors (Lipinski definition) is 1. The third kappa shape index (κ3) is 4.89. The van der Waals surface area contributed by atoms with E-state index in [1.54, 1.807) is 6.92 Å². The highest BCUT2D eigenvalue weighted by Crippen LogP contribution is 2.20. The van der Waals surface area contributed by atoms with Gasteiger partial charge in [0.15, 0.2) is 5.82 Å². The summed E-state index contributed by atoms with van der Waals surface area (Å²) in [6, 6.07) is 9.36. The molecule has 0 radical (unpaired) electrons. The number of nitrogens with one attached hydrogen (secondary N) is 1. The molecule has 1 aromatic heterocycles. The number of amides is 1. The molecule has 0 aliphatic heterocycles. The van der Waals surface area contributed by atoms with Gasteiger partial charge in [0.25, 0.3) is 0 Å². The maximum absolute atomic E-state index is 12.2. The van der Waals surface area contributed by atoms with E-state index in [4.69, 9.17) is 9.26 Å². The summed E-state index contributed by atoms with van der Waals surface area (Å²) in [5.41, 5.74) is 0.828. The molecule has 1 N–H and O–H groups in total. The first-order chi connectivity index (χ1) is 11.3. The first kappa shape index (κ1) is 18.1. The van der Waals surface area contributed by atoms with E-state index in [-0.39, 0.29) is 17.4 Å². The van der Waals surface area contributed by atoms with Gasteiger partial charge in [-0.3, -0.25) is 4.79 Å². The van der Waals surface area contributed by atoms with Crippen molar-refractivity contribution in [3.8, 4) is 0 Å². The summed E-state index contributed by atoms with van der Waals surface area (Å²) in [6.45, 7) is 9.93. The molecule has 24 heavy (non-hydrogen) atoms. The minimum atomic E-state index is -0.572. The van der Waals surface area contributed by atoms with Gasteiger partial charge in [0.05, 0.1) is 6.61 Å². The summed E-state index contributed by atoms with van der Waals surface area (Å²) in [5.74, 6) is 0.796. The zero-order chi connectivity index (χ0) is 17.7. The normalized spacial score (nSPS) is 14.2. The molecule has 0 bridgehead atoms. The molecule has 1 heterocycles. The fraction of sp³-hybridized carbons (Fsp3) is 0.500. The Hall–Kier alpha value is -2.21. The number of ether oxygens (including phenoxy) is 1. The quantitative estimate of drug-likeness (QED) is 0.880. The van der Waals surface area contributed by atoms with Crippen molar-refractivity contribution >= 4 is 5.91 Å². The molecule has 0 saturated carbocycles. The van der Waals surface area contributed by atoms with Crippen LogP contribution in [0.4, 0.5) is 0 Å². The van der Waals surface area contributed by atoms with Gasteiger partial charge in [-0.2, -0.15) is 4.98 Å². The monoisotopic (exact) mass is 331 g/mol. The van der Waals surface area contributed by atoms with Gasteiger partial charge < -0.3 is 14.6 Å². The van der Waals surface area contributed by atoms with E-state index < -0.39 is 6.10 Å². The lowest BCUT2D eigenvalue weighted by molar-refractivity contribution is -0.133. The number of benzene rings is 1. The van der Waals surface area contributed by atoms with Gasteiger partial charge in [0, 0.05) is 5.41 Å². The van der Waals surface area contributed by atoms with Gasteiger partial charge in [-0.1, -0.05) is 56.3 Å². The molecule has 6 nitrogen and oxygen atoms in total. The summed E-state index contributed by atoms with van der Waals surface area (Å²) in [5, 5.41) is 6.80. The van der Waals surface area contributed by atoms with Gasteiger partial charge in [-0.25, -0.2) is 0 Å². The Kier molecular flexibility index (Phi) is 5.72. The lowest BCUT2D eigenvalue weighted by Crippen LogP contribution is -2.36. The van der Waals surface area contributed by atoms with Crippen LogP contribution in [0.3, 0.4) is 0 Å². The highest BCUT2D eigenvalue weighted by atomic mass is 16.5. The molecule has 2 aromatic rings. The van der Waals surface area contributed by atoms with Crippen LogP contribution in [-0.4, -0.2) is 22.2 Å². The largest absolute Gasteiger partial charge is 0.364 e. The molecule has 0 aliphatic carbocycles. The number of nitrogens with zero attached hydrogens (tertiary/aromatic N) is 2. The van der Waals surface area contributed by atoms with Gasteiger partial charge >= 0.3 is 0 Å². The number of aromatic nitrogens is 2. The van der Waals surface area contributed by atoms with E-state index in [9.17, 15) is 4.79 Å². The van der Waals surface area contributed by atoms with Crippen LogP contribution in [-0.2, 0) is 21.6 Å². The van der Waals surface area contributed by atoms with E-state index in [0.717, 1.165) is 5.56 Å². The Morgan fingerprint density at radius 2 is 1.92 bits per heavy atom. The van der Waals surface area contributed by atoms with E-state index in [0.29, 0.717) is 18.3 Å². The fourth-order valence-electron chi connectivity index (χ4n) is 1.98. The number of hydrogen-bond acceptors (Lipinski definition) is 5. The van der Waals surface area contributed by atoms with Crippen LogP contribution in [0.25, 0.3) is 0 Å². The summed E-state index contributed by atoms with van der Waals surface area (Å²) < 4.78 is 10.9. The van der Waals surface area contributed by atoms with Gasteiger partial charge in [-0.05, 0) is 19.4 Å². The molecule has 0 fully saturated rings. The Labute approximate surface area is 142 Å². The van der Waals surface area contributed by atoms with Crippen LogP contribution >= 0.6 is 0 Å².